The van der Waals surface area contributed by atoms with Gasteiger partial charge in [0.1, 0.15) is 5.82 Å². The largest absolute Gasteiger partial charge is 0.340 e. The van der Waals surface area contributed by atoms with Crippen LogP contribution in [0.5, 0.6) is 0 Å². The summed E-state index contributed by atoms with van der Waals surface area (Å²) in [6.07, 6.45) is 1.01. The second kappa shape index (κ2) is 5.19. The highest BCUT2D eigenvalue weighted by Crippen LogP contribution is 2.23. The van der Waals surface area contributed by atoms with Crippen LogP contribution in [0.3, 0.4) is 0 Å². The summed E-state index contributed by atoms with van der Waals surface area (Å²) < 4.78 is 2.00. The lowest BCUT2D eigenvalue weighted by molar-refractivity contribution is -0.129. The second-order valence-electron chi connectivity index (χ2n) is 5.46. The first-order chi connectivity index (χ1) is 10.0. The molecule has 2 aromatic heterocycles. The number of nitrogens with one attached hydrogen (secondary N) is 2. The van der Waals surface area contributed by atoms with E-state index in [-0.39, 0.29) is 24.1 Å². The topological polar surface area (TPSA) is 99.7 Å². The van der Waals surface area contributed by atoms with Crippen molar-refractivity contribution in [2.75, 3.05) is 13.1 Å². The van der Waals surface area contributed by atoms with Gasteiger partial charge in [-0.25, -0.2) is 9.89 Å². The van der Waals surface area contributed by atoms with E-state index in [1.807, 2.05) is 24.6 Å². The van der Waals surface area contributed by atoms with Crippen LogP contribution in [-0.2, 0) is 11.2 Å². The van der Waals surface area contributed by atoms with Gasteiger partial charge in [0, 0.05) is 18.8 Å². The molecule has 3 heterocycles. The van der Waals surface area contributed by atoms with Crippen molar-refractivity contribution in [3.05, 3.63) is 33.8 Å². The average Bonchev–Trinajstić information content (AvgIpc) is 3.10. The van der Waals surface area contributed by atoms with Gasteiger partial charge in [0.05, 0.1) is 18.2 Å². The SMILES string of the molecule is Cc1cc(C)n([C@H]2CCN(C(=O)Cc3n[nH]c(=O)[nH]3)C2)n1. The van der Waals surface area contributed by atoms with Gasteiger partial charge in [-0.15, -0.1) is 0 Å². The van der Waals surface area contributed by atoms with Crippen LogP contribution in [0.4, 0.5) is 0 Å². The van der Waals surface area contributed by atoms with Crippen molar-refractivity contribution < 1.29 is 4.79 Å². The fourth-order valence-corrected chi connectivity index (χ4v) is 2.83. The molecule has 0 bridgehead atoms. The summed E-state index contributed by atoms with van der Waals surface area (Å²) in [4.78, 5) is 27.5. The van der Waals surface area contributed by atoms with Gasteiger partial charge < -0.3 is 4.90 Å². The molecule has 0 aromatic carbocycles. The van der Waals surface area contributed by atoms with Crippen LogP contribution >= 0.6 is 0 Å². The number of carbonyl (C=O) groups is 1. The van der Waals surface area contributed by atoms with Crippen LogP contribution in [0, 0.1) is 13.8 Å². The minimum Gasteiger partial charge on any atom is -0.340 e. The van der Waals surface area contributed by atoms with E-state index >= 15 is 0 Å². The molecule has 0 saturated carbocycles. The Labute approximate surface area is 121 Å². The molecule has 0 radical (unpaired) electrons. The summed E-state index contributed by atoms with van der Waals surface area (Å²) in [5, 5.41) is 10.5. The van der Waals surface area contributed by atoms with E-state index < -0.39 is 0 Å². The Hall–Kier alpha value is -2.38. The summed E-state index contributed by atoms with van der Waals surface area (Å²) in [5.41, 5.74) is 1.72. The van der Waals surface area contributed by atoms with E-state index in [0.717, 1.165) is 17.8 Å². The highest BCUT2D eigenvalue weighted by molar-refractivity contribution is 5.78. The predicted molar refractivity (Wildman–Crippen MR) is 74.8 cm³/mol. The fraction of sp³-hybridized carbons (Fsp3) is 0.538. The van der Waals surface area contributed by atoms with Crippen molar-refractivity contribution in [2.45, 2.75) is 32.7 Å². The molecule has 1 fully saturated rings. The third-order valence-corrected chi connectivity index (χ3v) is 3.78. The molecular formula is C13H18N6O2. The summed E-state index contributed by atoms with van der Waals surface area (Å²) in [5.74, 6) is 0.348. The molecule has 1 atom stereocenters. The molecule has 8 nitrogen and oxygen atoms in total. The molecule has 0 unspecified atom stereocenters. The van der Waals surface area contributed by atoms with Gasteiger partial charge in [-0.05, 0) is 26.3 Å². The normalized spacial score (nSPS) is 18.4. The number of aromatic amines is 2. The Kier molecular flexibility index (Phi) is 3.36. The molecule has 1 aliphatic rings. The number of likely N-dealkylation sites (tertiary alicyclic amines) is 1. The molecule has 8 heteroatoms. The van der Waals surface area contributed by atoms with E-state index in [1.165, 1.54) is 0 Å². The highest BCUT2D eigenvalue weighted by Gasteiger charge is 2.29. The quantitative estimate of drug-likeness (QED) is 0.826. The minimum absolute atomic E-state index is 0.0261. The molecule has 1 aliphatic heterocycles. The molecular weight excluding hydrogens is 272 g/mol. The number of nitrogens with zero attached hydrogens (tertiary/aromatic N) is 4. The van der Waals surface area contributed by atoms with Crippen molar-refractivity contribution in [3.63, 3.8) is 0 Å². The van der Waals surface area contributed by atoms with Crippen LogP contribution in [0.15, 0.2) is 10.9 Å². The lowest BCUT2D eigenvalue weighted by Crippen LogP contribution is -2.31. The Balaban J connectivity index is 1.65. The third kappa shape index (κ3) is 2.74. The maximum atomic E-state index is 12.2. The van der Waals surface area contributed by atoms with Crippen molar-refractivity contribution in [2.24, 2.45) is 0 Å². The van der Waals surface area contributed by atoms with Gasteiger partial charge in [-0.1, -0.05) is 0 Å². The number of H-pyrrole nitrogens is 2. The minimum atomic E-state index is -0.389. The van der Waals surface area contributed by atoms with Crippen molar-refractivity contribution >= 4 is 5.91 Å². The smallest absolute Gasteiger partial charge is 0.340 e. The molecule has 0 aliphatic carbocycles. The number of amides is 1. The lowest BCUT2D eigenvalue weighted by Gasteiger charge is -2.16. The maximum Gasteiger partial charge on any atom is 0.340 e. The summed E-state index contributed by atoms with van der Waals surface area (Å²) in [6, 6.07) is 2.26. The highest BCUT2D eigenvalue weighted by atomic mass is 16.2. The first-order valence-electron chi connectivity index (χ1n) is 6.97. The van der Waals surface area contributed by atoms with Crippen molar-refractivity contribution in [3.8, 4) is 0 Å². The van der Waals surface area contributed by atoms with Crippen LogP contribution in [0.2, 0.25) is 0 Å². The van der Waals surface area contributed by atoms with Crippen molar-refractivity contribution in [1.82, 2.24) is 29.9 Å². The molecule has 112 valence electrons. The van der Waals surface area contributed by atoms with Crippen LogP contribution in [-0.4, -0.2) is 48.9 Å². The third-order valence-electron chi connectivity index (χ3n) is 3.78. The van der Waals surface area contributed by atoms with Gasteiger partial charge in [0.2, 0.25) is 5.91 Å². The monoisotopic (exact) mass is 290 g/mol. The first kappa shape index (κ1) is 13.6. The zero-order chi connectivity index (χ0) is 15.0. The van der Waals surface area contributed by atoms with Gasteiger partial charge in [-0.3, -0.25) is 14.5 Å². The van der Waals surface area contributed by atoms with Crippen LogP contribution < -0.4 is 5.69 Å². The van der Waals surface area contributed by atoms with E-state index in [1.54, 1.807) is 4.90 Å². The second-order valence-corrected chi connectivity index (χ2v) is 5.46. The maximum absolute atomic E-state index is 12.2. The number of hydrogen-bond donors (Lipinski definition) is 2. The average molecular weight is 290 g/mol. The lowest BCUT2D eigenvalue weighted by atomic mass is 10.2. The first-order valence-corrected chi connectivity index (χ1v) is 6.97. The molecule has 2 aromatic rings. The zero-order valence-corrected chi connectivity index (χ0v) is 12.1. The molecule has 2 N–H and O–H groups in total. The Morgan fingerprint density at radius 1 is 1.48 bits per heavy atom. The number of carbonyl (C=O) groups excluding carboxylic acids is 1. The zero-order valence-electron chi connectivity index (χ0n) is 12.1. The standard InChI is InChI=1S/C13H18N6O2/c1-8-5-9(2)19(17-8)10-3-4-18(7-10)12(20)6-11-14-13(21)16-15-11/h5,10H,3-4,6-7H2,1-2H3,(H2,14,15,16,21)/t10-/m0/s1. The fourth-order valence-electron chi connectivity index (χ4n) is 2.83. The summed E-state index contributed by atoms with van der Waals surface area (Å²) in [6.45, 7) is 5.35. The molecule has 3 rings (SSSR count). The van der Waals surface area contributed by atoms with Crippen LogP contribution in [0.25, 0.3) is 0 Å². The molecule has 1 saturated heterocycles. The summed E-state index contributed by atoms with van der Waals surface area (Å²) in [7, 11) is 0. The number of aryl methyl sites for hydroxylation is 2. The molecule has 1 amide bonds. The van der Waals surface area contributed by atoms with Gasteiger partial charge >= 0.3 is 5.69 Å². The number of aromatic nitrogens is 5. The predicted octanol–water partition coefficient (Wildman–Crippen LogP) is -0.0726. The number of rotatable bonds is 3. The van der Waals surface area contributed by atoms with Crippen LogP contribution in [0.1, 0.15) is 29.7 Å². The van der Waals surface area contributed by atoms with E-state index in [2.05, 4.69) is 20.3 Å². The molecule has 21 heavy (non-hydrogen) atoms. The molecule has 0 spiro atoms. The van der Waals surface area contributed by atoms with Gasteiger partial charge in [0.15, 0.2) is 0 Å². The van der Waals surface area contributed by atoms with Crippen molar-refractivity contribution in [1.29, 1.82) is 0 Å². The van der Waals surface area contributed by atoms with E-state index in [0.29, 0.717) is 18.9 Å². The Morgan fingerprint density at radius 3 is 2.90 bits per heavy atom. The van der Waals surface area contributed by atoms with Gasteiger partial charge in [0.25, 0.3) is 0 Å². The Bertz CT molecular complexity index is 712. The number of hydrogen-bond acceptors (Lipinski definition) is 4. The van der Waals surface area contributed by atoms with Gasteiger partial charge in [-0.2, -0.15) is 10.2 Å². The van der Waals surface area contributed by atoms with E-state index in [4.69, 9.17) is 0 Å². The summed E-state index contributed by atoms with van der Waals surface area (Å²) >= 11 is 0. The van der Waals surface area contributed by atoms with E-state index in [9.17, 15) is 9.59 Å². The Morgan fingerprint density at radius 2 is 2.29 bits per heavy atom.